The number of hydrogen-bond donors (Lipinski definition) is 2. The second kappa shape index (κ2) is 10.2. The van der Waals surface area contributed by atoms with Gasteiger partial charge in [-0.1, -0.05) is 40.9 Å². The van der Waals surface area contributed by atoms with Crippen LogP contribution in [0.5, 0.6) is 0 Å². The van der Waals surface area contributed by atoms with Gasteiger partial charge in [0.1, 0.15) is 12.1 Å². The molecule has 2 aromatic carbocycles. The van der Waals surface area contributed by atoms with Crippen molar-refractivity contribution >= 4 is 61.7 Å². The van der Waals surface area contributed by atoms with Crippen molar-refractivity contribution in [2.24, 2.45) is 0 Å². The van der Waals surface area contributed by atoms with E-state index in [-0.39, 0.29) is 29.0 Å². The standard InChI is InChI=1S/C25H24Cl2N6O3S/c1-16-2-4-21(5-3-16)37(35,36)33-9-7-22-24(29-15-30-25(22)33)31-19-6-8-32(14-19)23(34)13-28-20-11-17(26)10-18(27)12-20/h2-5,7,9-12,15,19,28H,6,8,13-14H2,1H3,(H,29,30,31)/t19-/m1/s1. The van der Waals surface area contributed by atoms with E-state index in [1.807, 2.05) is 6.92 Å². The molecule has 0 saturated carbocycles. The van der Waals surface area contributed by atoms with Crippen LogP contribution in [0.4, 0.5) is 11.5 Å². The van der Waals surface area contributed by atoms with Crippen LogP contribution in [-0.2, 0) is 14.8 Å². The molecule has 1 aliphatic heterocycles. The molecule has 12 heteroatoms. The molecule has 1 saturated heterocycles. The molecule has 1 amide bonds. The molecular formula is C25H24Cl2N6O3S. The van der Waals surface area contributed by atoms with E-state index in [0.29, 0.717) is 40.0 Å². The average Bonchev–Trinajstić information content (AvgIpc) is 3.50. The third kappa shape index (κ3) is 5.36. The number of carbonyl (C=O) groups excluding carboxylic acids is 1. The molecule has 0 radical (unpaired) electrons. The molecule has 1 fully saturated rings. The Bertz CT molecular complexity index is 1550. The highest BCUT2D eigenvalue weighted by atomic mass is 35.5. The molecule has 0 aliphatic carbocycles. The van der Waals surface area contributed by atoms with Gasteiger partial charge in [0.15, 0.2) is 5.65 Å². The minimum atomic E-state index is -3.82. The minimum absolute atomic E-state index is 0.0419. The summed E-state index contributed by atoms with van der Waals surface area (Å²) in [5.41, 5.74) is 1.93. The van der Waals surface area contributed by atoms with Gasteiger partial charge >= 0.3 is 0 Å². The predicted octanol–water partition coefficient (Wildman–Crippen LogP) is 4.41. The summed E-state index contributed by atoms with van der Waals surface area (Å²) in [7, 11) is -3.82. The number of anilines is 2. The van der Waals surface area contributed by atoms with Crippen molar-refractivity contribution in [2.75, 3.05) is 30.3 Å². The van der Waals surface area contributed by atoms with Gasteiger partial charge in [0.25, 0.3) is 10.0 Å². The first kappa shape index (κ1) is 25.3. The lowest BCUT2D eigenvalue weighted by Gasteiger charge is -2.18. The summed E-state index contributed by atoms with van der Waals surface area (Å²) in [4.78, 5) is 23.3. The number of carbonyl (C=O) groups is 1. The number of halogens is 2. The van der Waals surface area contributed by atoms with Crippen LogP contribution in [0, 0.1) is 6.92 Å². The normalized spacial score (nSPS) is 15.8. The second-order valence-corrected chi connectivity index (χ2v) is 11.6. The fraction of sp³-hybridized carbons (Fsp3) is 0.240. The third-order valence-electron chi connectivity index (χ3n) is 6.21. The van der Waals surface area contributed by atoms with E-state index < -0.39 is 10.0 Å². The summed E-state index contributed by atoms with van der Waals surface area (Å²) in [6, 6.07) is 13.4. The van der Waals surface area contributed by atoms with Crippen LogP contribution < -0.4 is 10.6 Å². The monoisotopic (exact) mass is 558 g/mol. The Morgan fingerprint density at radius 1 is 1.08 bits per heavy atom. The Balaban J connectivity index is 1.27. The topological polar surface area (TPSA) is 109 Å². The zero-order chi connectivity index (χ0) is 26.2. The van der Waals surface area contributed by atoms with E-state index in [1.165, 1.54) is 12.5 Å². The number of rotatable bonds is 7. The van der Waals surface area contributed by atoms with Crippen LogP contribution in [0.3, 0.4) is 0 Å². The van der Waals surface area contributed by atoms with E-state index in [1.54, 1.807) is 53.4 Å². The maximum atomic E-state index is 13.2. The van der Waals surface area contributed by atoms with E-state index in [0.717, 1.165) is 16.0 Å². The lowest BCUT2D eigenvalue weighted by atomic mass is 10.2. The molecule has 0 bridgehead atoms. The van der Waals surface area contributed by atoms with Crippen LogP contribution >= 0.6 is 23.2 Å². The molecule has 3 heterocycles. The largest absolute Gasteiger partial charge is 0.376 e. The average molecular weight is 559 g/mol. The number of likely N-dealkylation sites (tertiary alicyclic amines) is 1. The van der Waals surface area contributed by atoms with Gasteiger partial charge in [-0.15, -0.1) is 0 Å². The molecule has 5 rings (SSSR count). The van der Waals surface area contributed by atoms with Crippen LogP contribution in [0.15, 0.2) is 66.0 Å². The number of aryl methyl sites for hydroxylation is 1. The summed E-state index contributed by atoms with van der Waals surface area (Å²) in [5, 5.41) is 7.99. The maximum Gasteiger partial charge on any atom is 0.269 e. The van der Waals surface area contributed by atoms with Gasteiger partial charge in [-0.3, -0.25) is 4.79 Å². The van der Waals surface area contributed by atoms with Gasteiger partial charge in [-0.05, 0) is 49.7 Å². The summed E-state index contributed by atoms with van der Waals surface area (Å²) in [5.74, 6) is 0.470. The third-order valence-corrected chi connectivity index (χ3v) is 8.33. The molecular weight excluding hydrogens is 535 g/mol. The van der Waals surface area contributed by atoms with E-state index in [2.05, 4.69) is 20.6 Å². The van der Waals surface area contributed by atoms with Gasteiger partial charge < -0.3 is 15.5 Å². The minimum Gasteiger partial charge on any atom is -0.376 e. The Kier molecular flexibility index (Phi) is 6.98. The highest BCUT2D eigenvalue weighted by Gasteiger charge is 2.27. The summed E-state index contributed by atoms with van der Waals surface area (Å²) in [6.07, 6.45) is 3.55. The van der Waals surface area contributed by atoms with Crippen molar-refractivity contribution < 1.29 is 13.2 Å². The lowest BCUT2D eigenvalue weighted by molar-refractivity contribution is -0.128. The molecule has 4 aromatic rings. The number of benzene rings is 2. The number of hydrogen-bond acceptors (Lipinski definition) is 7. The Labute approximate surface area is 224 Å². The SMILES string of the molecule is Cc1ccc(S(=O)(=O)n2ccc3c(N[C@@H]4CCN(C(=O)CNc5cc(Cl)cc(Cl)c5)C4)ncnc32)cc1. The van der Waals surface area contributed by atoms with Crippen molar-refractivity contribution in [1.29, 1.82) is 0 Å². The van der Waals surface area contributed by atoms with Crippen LogP contribution in [0.1, 0.15) is 12.0 Å². The number of fused-ring (bicyclic) bond motifs is 1. The van der Waals surface area contributed by atoms with Crippen molar-refractivity contribution in [2.45, 2.75) is 24.3 Å². The molecule has 192 valence electrons. The Hall–Kier alpha value is -3.34. The number of nitrogens with zero attached hydrogens (tertiary/aromatic N) is 4. The lowest BCUT2D eigenvalue weighted by Crippen LogP contribution is -2.35. The van der Waals surface area contributed by atoms with Crippen molar-refractivity contribution in [3.05, 3.63) is 76.7 Å². The fourth-order valence-electron chi connectivity index (χ4n) is 4.30. The zero-order valence-electron chi connectivity index (χ0n) is 19.9. The van der Waals surface area contributed by atoms with Gasteiger partial charge in [0.2, 0.25) is 5.91 Å². The second-order valence-electron chi connectivity index (χ2n) is 8.87. The first-order valence-corrected chi connectivity index (χ1v) is 13.8. The molecule has 2 N–H and O–H groups in total. The first-order chi connectivity index (χ1) is 17.7. The van der Waals surface area contributed by atoms with Gasteiger partial charge in [-0.2, -0.15) is 0 Å². The van der Waals surface area contributed by atoms with Crippen LogP contribution in [-0.4, -0.2) is 58.8 Å². The van der Waals surface area contributed by atoms with E-state index in [9.17, 15) is 13.2 Å². The number of nitrogens with one attached hydrogen (secondary N) is 2. The summed E-state index contributed by atoms with van der Waals surface area (Å²) < 4.78 is 27.6. The van der Waals surface area contributed by atoms with Crippen molar-refractivity contribution in [3.63, 3.8) is 0 Å². The number of amides is 1. The molecule has 2 aromatic heterocycles. The maximum absolute atomic E-state index is 13.2. The fourth-order valence-corrected chi connectivity index (χ4v) is 6.13. The van der Waals surface area contributed by atoms with Crippen molar-refractivity contribution in [3.8, 4) is 0 Å². The Morgan fingerprint density at radius 2 is 1.81 bits per heavy atom. The van der Waals surface area contributed by atoms with Crippen LogP contribution in [0.2, 0.25) is 10.0 Å². The van der Waals surface area contributed by atoms with Gasteiger partial charge in [0, 0.05) is 41.1 Å². The first-order valence-electron chi connectivity index (χ1n) is 11.6. The molecule has 9 nitrogen and oxygen atoms in total. The predicted molar refractivity (Wildman–Crippen MR) is 145 cm³/mol. The molecule has 37 heavy (non-hydrogen) atoms. The highest BCUT2D eigenvalue weighted by Crippen LogP contribution is 2.27. The van der Waals surface area contributed by atoms with Crippen molar-refractivity contribution in [1.82, 2.24) is 18.8 Å². The smallest absolute Gasteiger partial charge is 0.269 e. The van der Waals surface area contributed by atoms with Crippen LogP contribution in [0.25, 0.3) is 11.0 Å². The molecule has 1 aliphatic rings. The summed E-state index contributed by atoms with van der Waals surface area (Å²) in [6.45, 7) is 3.09. The molecule has 0 unspecified atom stereocenters. The highest BCUT2D eigenvalue weighted by molar-refractivity contribution is 7.90. The Morgan fingerprint density at radius 3 is 2.54 bits per heavy atom. The summed E-state index contributed by atoms with van der Waals surface area (Å²) >= 11 is 12.0. The number of aromatic nitrogens is 3. The quantitative estimate of drug-likeness (QED) is 0.345. The molecule has 0 spiro atoms. The van der Waals surface area contributed by atoms with Gasteiger partial charge in [0.05, 0.1) is 16.8 Å². The van der Waals surface area contributed by atoms with Gasteiger partial charge in [-0.25, -0.2) is 22.4 Å². The van der Waals surface area contributed by atoms with E-state index >= 15 is 0 Å². The zero-order valence-corrected chi connectivity index (χ0v) is 22.2. The van der Waals surface area contributed by atoms with E-state index in [4.69, 9.17) is 23.2 Å². The molecule has 1 atom stereocenters.